The first-order valence-corrected chi connectivity index (χ1v) is 6.04. The lowest BCUT2D eigenvalue weighted by Gasteiger charge is -2.10. The molecule has 20 heavy (non-hydrogen) atoms. The average molecular weight is 301 g/mol. The Kier molecular flexibility index (Phi) is 5.04. The Morgan fingerprint density at radius 2 is 2.10 bits per heavy atom. The Morgan fingerprint density at radius 3 is 2.55 bits per heavy atom. The molecule has 8 heteroatoms. The second-order valence-corrected chi connectivity index (χ2v) is 4.86. The molecule has 0 aromatic heterocycles. The molecule has 0 radical (unpaired) electrons. The van der Waals surface area contributed by atoms with Gasteiger partial charge >= 0.3 is 11.7 Å². The third kappa shape index (κ3) is 3.67. The van der Waals surface area contributed by atoms with Crippen LogP contribution >= 0.6 is 11.6 Å². The van der Waals surface area contributed by atoms with Crippen LogP contribution in [0.3, 0.4) is 0 Å². The number of rotatable bonds is 5. The molecule has 1 rings (SSSR count). The maximum atomic E-state index is 11.0. The quantitative estimate of drug-likeness (QED) is 0.492. The minimum Gasteiger partial charge on any atom is -0.502 e. The zero-order chi connectivity index (χ0) is 15.4. The van der Waals surface area contributed by atoms with Gasteiger partial charge in [0.05, 0.1) is 4.92 Å². The van der Waals surface area contributed by atoms with Gasteiger partial charge in [-0.3, -0.25) is 15.1 Å². The molecule has 0 aliphatic carbocycles. The number of phenols is 1. The maximum absolute atomic E-state index is 11.0. The lowest BCUT2D eigenvalue weighted by molar-refractivity contribution is -0.385. The summed E-state index contributed by atoms with van der Waals surface area (Å²) >= 11 is 5.71. The van der Waals surface area contributed by atoms with Crippen molar-refractivity contribution in [1.82, 2.24) is 0 Å². The van der Waals surface area contributed by atoms with Gasteiger partial charge in [0.1, 0.15) is 6.04 Å². The first-order valence-electron chi connectivity index (χ1n) is 5.67. The summed E-state index contributed by atoms with van der Waals surface area (Å²) in [5, 5.41) is 29.5. The van der Waals surface area contributed by atoms with Crippen LogP contribution in [-0.2, 0) is 4.79 Å². The highest BCUT2D eigenvalue weighted by atomic mass is 35.5. The van der Waals surface area contributed by atoms with E-state index >= 15 is 0 Å². The van der Waals surface area contributed by atoms with Gasteiger partial charge in [-0.05, 0) is 12.0 Å². The molecule has 0 bridgehead atoms. The number of nitrogens with zero attached hydrogens (tertiary/aromatic N) is 2. The number of carboxylic acid groups (broad SMARTS) is 1. The number of aliphatic imine (C=N–C) groups is 1. The Bertz CT molecular complexity index is 571. The van der Waals surface area contributed by atoms with Crippen LogP contribution < -0.4 is 0 Å². The molecule has 0 fully saturated rings. The Morgan fingerprint density at radius 1 is 1.50 bits per heavy atom. The number of aromatic hydroxyl groups is 1. The summed E-state index contributed by atoms with van der Waals surface area (Å²) in [6.07, 6.45) is 1.08. The van der Waals surface area contributed by atoms with Crippen LogP contribution in [0.5, 0.6) is 5.75 Å². The van der Waals surface area contributed by atoms with E-state index < -0.39 is 28.4 Å². The van der Waals surface area contributed by atoms with E-state index in [9.17, 15) is 20.0 Å². The van der Waals surface area contributed by atoms with Gasteiger partial charge < -0.3 is 10.2 Å². The third-order valence-electron chi connectivity index (χ3n) is 2.54. The summed E-state index contributed by atoms with van der Waals surface area (Å²) in [4.78, 5) is 24.8. The Balaban J connectivity index is 3.21. The first-order chi connectivity index (χ1) is 9.23. The van der Waals surface area contributed by atoms with E-state index in [1.807, 2.05) is 0 Å². The first kappa shape index (κ1) is 15.9. The van der Waals surface area contributed by atoms with Gasteiger partial charge in [-0.2, -0.15) is 0 Å². The molecule has 0 heterocycles. The normalized spacial score (nSPS) is 12.8. The van der Waals surface area contributed by atoms with Crippen LogP contribution in [-0.4, -0.2) is 33.4 Å². The molecule has 0 spiro atoms. The lowest BCUT2D eigenvalue weighted by Crippen LogP contribution is -2.24. The van der Waals surface area contributed by atoms with Gasteiger partial charge in [0.25, 0.3) is 0 Å². The number of carboxylic acids is 1. The molecule has 0 aliphatic heterocycles. The van der Waals surface area contributed by atoms with E-state index in [1.54, 1.807) is 13.8 Å². The SMILES string of the molecule is CC(C)[C@H](N=Cc1cc(Cl)cc([N+](=O)[O-])c1O)C(=O)O. The maximum Gasteiger partial charge on any atom is 0.328 e. The van der Waals surface area contributed by atoms with Crippen LogP contribution in [0.25, 0.3) is 0 Å². The molecule has 0 aliphatic rings. The number of aliphatic carboxylic acids is 1. The second-order valence-electron chi connectivity index (χ2n) is 4.43. The highest BCUT2D eigenvalue weighted by Crippen LogP contribution is 2.32. The smallest absolute Gasteiger partial charge is 0.328 e. The van der Waals surface area contributed by atoms with E-state index in [-0.39, 0.29) is 16.5 Å². The second kappa shape index (κ2) is 6.33. The van der Waals surface area contributed by atoms with Crippen LogP contribution in [0.2, 0.25) is 5.02 Å². The van der Waals surface area contributed by atoms with Crippen molar-refractivity contribution in [3.8, 4) is 5.75 Å². The molecule has 108 valence electrons. The van der Waals surface area contributed by atoms with Crippen LogP contribution in [0.1, 0.15) is 19.4 Å². The van der Waals surface area contributed by atoms with E-state index in [4.69, 9.17) is 16.7 Å². The zero-order valence-electron chi connectivity index (χ0n) is 10.8. The van der Waals surface area contributed by atoms with E-state index in [0.29, 0.717) is 0 Å². The molecule has 1 atom stereocenters. The van der Waals surface area contributed by atoms with Crippen molar-refractivity contribution in [3.63, 3.8) is 0 Å². The lowest BCUT2D eigenvalue weighted by atomic mass is 10.1. The molecule has 7 nitrogen and oxygen atoms in total. The number of halogens is 1. The molecule has 1 aromatic carbocycles. The van der Waals surface area contributed by atoms with Crippen molar-refractivity contribution in [2.24, 2.45) is 10.9 Å². The van der Waals surface area contributed by atoms with Gasteiger partial charge in [-0.1, -0.05) is 25.4 Å². The summed E-state index contributed by atoms with van der Waals surface area (Å²) in [5.74, 6) is -1.98. The fourth-order valence-electron chi connectivity index (χ4n) is 1.52. The predicted octanol–water partition coefficient (Wildman–Crippen LogP) is 2.48. The summed E-state index contributed by atoms with van der Waals surface area (Å²) in [5.41, 5.74) is -0.563. The van der Waals surface area contributed by atoms with Crippen molar-refractivity contribution in [2.75, 3.05) is 0 Å². The van der Waals surface area contributed by atoms with Crippen molar-refractivity contribution < 1.29 is 19.9 Å². The summed E-state index contributed by atoms with van der Waals surface area (Å²) in [6.45, 7) is 3.35. The van der Waals surface area contributed by atoms with Gasteiger partial charge in [0.15, 0.2) is 0 Å². The fraction of sp³-hybridized carbons (Fsp3) is 0.333. The summed E-state index contributed by atoms with van der Waals surface area (Å²) in [7, 11) is 0. The molecular formula is C12H13ClN2O5. The Hall–Kier alpha value is -2.15. The van der Waals surface area contributed by atoms with Gasteiger partial charge in [-0.25, -0.2) is 4.79 Å². The minimum atomic E-state index is -1.12. The third-order valence-corrected chi connectivity index (χ3v) is 2.76. The van der Waals surface area contributed by atoms with Gasteiger partial charge in [0.2, 0.25) is 5.75 Å². The topological polar surface area (TPSA) is 113 Å². The zero-order valence-corrected chi connectivity index (χ0v) is 11.5. The number of nitro benzene ring substituents is 1. The number of nitro groups is 1. The van der Waals surface area contributed by atoms with Gasteiger partial charge in [0, 0.05) is 22.9 Å². The molecular weight excluding hydrogens is 288 g/mol. The van der Waals surface area contributed by atoms with Crippen molar-refractivity contribution in [2.45, 2.75) is 19.9 Å². The molecule has 1 aromatic rings. The van der Waals surface area contributed by atoms with Gasteiger partial charge in [-0.15, -0.1) is 0 Å². The predicted molar refractivity (Wildman–Crippen MR) is 73.6 cm³/mol. The Labute approximate surface area is 119 Å². The standard InChI is InChI=1S/C12H13ClN2O5/c1-6(2)10(12(17)18)14-5-7-3-8(13)4-9(11(7)16)15(19)20/h3-6,10,16H,1-2H3,(H,17,18)/t10-/m0/s1. The van der Waals surface area contributed by atoms with E-state index in [0.717, 1.165) is 12.3 Å². The van der Waals surface area contributed by atoms with E-state index in [2.05, 4.69) is 4.99 Å². The van der Waals surface area contributed by atoms with Crippen molar-refractivity contribution >= 4 is 29.5 Å². The average Bonchev–Trinajstić information content (AvgIpc) is 2.31. The molecule has 0 saturated heterocycles. The highest BCUT2D eigenvalue weighted by Gasteiger charge is 2.21. The van der Waals surface area contributed by atoms with Crippen molar-refractivity contribution in [1.29, 1.82) is 0 Å². The van der Waals surface area contributed by atoms with Crippen LogP contribution in [0, 0.1) is 16.0 Å². The molecule has 2 N–H and O–H groups in total. The summed E-state index contributed by atoms with van der Waals surface area (Å²) < 4.78 is 0. The van der Waals surface area contributed by atoms with Crippen molar-refractivity contribution in [3.05, 3.63) is 32.8 Å². The number of phenolic OH excluding ortho intramolecular Hbond substituents is 1. The molecule has 0 unspecified atom stereocenters. The van der Waals surface area contributed by atoms with E-state index in [1.165, 1.54) is 6.07 Å². The molecule has 0 amide bonds. The number of hydrogen-bond acceptors (Lipinski definition) is 5. The summed E-state index contributed by atoms with van der Waals surface area (Å²) in [6, 6.07) is 1.27. The monoisotopic (exact) mass is 300 g/mol. The van der Waals surface area contributed by atoms with Crippen LogP contribution in [0.4, 0.5) is 5.69 Å². The molecule has 0 saturated carbocycles. The number of hydrogen-bond donors (Lipinski definition) is 2. The minimum absolute atomic E-state index is 0.00361. The largest absolute Gasteiger partial charge is 0.502 e. The number of benzene rings is 1. The highest BCUT2D eigenvalue weighted by molar-refractivity contribution is 6.31. The van der Waals surface area contributed by atoms with Crippen LogP contribution in [0.15, 0.2) is 17.1 Å². The number of carbonyl (C=O) groups is 1. The fourth-order valence-corrected chi connectivity index (χ4v) is 1.75.